The summed E-state index contributed by atoms with van der Waals surface area (Å²) >= 11 is 0. The van der Waals surface area contributed by atoms with Crippen molar-refractivity contribution < 1.29 is 46.5 Å². The first kappa shape index (κ1) is 27.7. The summed E-state index contributed by atoms with van der Waals surface area (Å²) in [5, 5.41) is 0. The Bertz CT molecular complexity index is 522. The van der Waals surface area contributed by atoms with Crippen molar-refractivity contribution in [3.8, 4) is 0 Å². The quantitative estimate of drug-likeness (QED) is 0.512. The minimum atomic E-state index is -0.250. The van der Waals surface area contributed by atoms with E-state index in [1.807, 2.05) is 20.8 Å². The molecule has 0 aliphatic heterocycles. The second-order valence-electron chi connectivity index (χ2n) is 6.45. The van der Waals surface area contributed by atoms with E-state index in [0.717, 1.165) is 6.42 Å². The number of benzene rings is 1. The molecule has 0 unspecified atom stereocenters. The summed E-state index contributed by atoms with van der Waals surface area (Å²) in [5.74, 6) is 0. The Morgan fingerprint density at radius 1 is 1.04 bits per heavy atom. The molecule has 0 atom stereocenters. The third-order valence-electron chi connectivity index (χ3n) is 2.99. The van der Waals surface area contributed by atoms with Crippen molar-refractivity contribution >= 4 is 5.57 Å². The van der Waals surface area contributed by atoms with Gasteiger partial charge in [0.1, 0.15) is 0 Å². The van der Waals surface area contributed by atoms with Crippen LogP contribution < -0.4 is 24.8 Å². The average molecular weight is 388 g/mol. The van der Waals surface area contributed by atoms with Gasteiger partial charge in [0, 0.05) is 0 Å². The van der Waals surface area contributed by atoms with Crippen LogP contribution in [0, 0.1) is 6.42 Å². The molecule has 0 aromatic heterocycles. The van der Waals surface area contributed by atoms with E-state index < -0.39 is 0 Å². The molecule has 1 N–H and O–H groups in total. The van der Waals surface area contributed by atoms with Crippen LogP contribution in [0.1, 0.15) is 59.1 Å². The molecule has 2 rings (SSSR count). The number of rotatable bonds is 2. The monoisotopic (exact) mass is 387 g/mol. The van der Waals surface area contributed by atoms with Gasteiger partial charge in [0.15, 0.2) is 0 Å². The second-order valence-corrected chi connectivity index (χ2v) is 6.45. The molecule has 1 aliphatic carbocycles. The Kier molecular flexibility index (Phi) is 14.7. The van der Waals surface area contributed by atoms with Gasteiger partial charge in [-0.05, 0) is 20.3 Å². The summed E-state index contributed by atoms with van der Waals surface area (Å²) in [7, 11) is 0. The van der Waals surface area contributed by atoms with Gasteiger partial charge in [-0.2, -0.15) is 18.1 Å². The molecule has 0 saturated carbocycles. The molecule has 0 saturated heterocycles. The Morgan fingerprint density at radius 3 is 1.91 bits per heavy atom. The molecule has 0 heterocycles. The Labute approximate surface area is 169 Å². The van der Waals surface area contributed by atoms with Gasteiger partial charge in [-0.3, -0.25) is 0 Å². The van der Waals surface area contributed by atoms with Crippen LogP contribution in [0.25, 0.3) is 11.3 Å². The number of hydrogen-bond acceptors (Lipinski definition) is 0. The Hall–Kier alpha value is -0.176. The van der Waals surface area contributed by atoms with Crippen LogP contribution in [0.5, 0.6) is 0 Å². The zero-order valence-electron chi connectivity index (χ0n) is 14.9. The third kappa shape index (κ3) is 10.3. The van der Waals surface area contributed by atoms with Crippen LogP contribution in [0.15, 0.2) is 41.5 Å². The van der Waals surface area contributed by atoms with Gasteiger partial charge >= 0.3 is 21.7 Å². The zero-order chi connectivity index (χ0) is 15.3. The minimum Gasteiger partial charge on any atom is -1.00 e. The Balaban J connectivity index is -0.000000444. The molecule has 1 aromatic rings. The fourth-order valence-electron chi connectivity index (χ4n) is 2.26. The van der Waals surface area contributed by atoms with Crippen LogP contribution in [-0.2, 0) is 21.7 Å². The molecule has 4 heteroatoms. The van der Waals surface area contributed by atoms with E-state index in [1.165, 1.54) is 27.8 Å². The normalized spacial score (nSPS) is 12.7. The van der Waals surface area contributed by atoms with Crippen molar-refractivity contribution in [1.82, 2.24) is 0 Å². The fraction of sp³-hybridized carbons (Fsp3) is 0.421. The number of halogens is 2. The van der Waals surface area contributed by atoms with Crippen molar-refractivity contribution in [3.63, 3.8) is 0 Å². The summed E-state index contributed by atoms with van der Waals surface area (Å²) in [4.78, 5) is 0. The first-order chi connectivity index (χ1) is 9.22. The van der Waals surface area contributed by atoms with Gasteiger partial charge in [0.25, 0.3) is 0 Å². The van der Waals surface area contributed by atoms with Crippen molar-refractivity contribution in [2.75, 3.05) is 0 Å². The van der Waals surface area contributed by atoms with E-state index in [9.17, 15) is 0 Å². The van der Waals surface area contributed by atoms with Gasteiger partial charge in [-0.15, -0.1) is 23.2 Å². The molecule has 0 spiro atoms. The molecule has 1 nitrogen and oxygen atoms in total. The predicted octanol–water partition coefficient (Wildman–Crippen LogP) is 0.225. The molecule has 1 aromatic carbocycles. The van der Waals surface area contributed by atoms with E-state index in [1.54, 1.807) is 0 Å². The summed E-state index contributed by atoms with van der Waals surface area (Å²) < 4.78 is 0. The van der Waals surface area contributed by atoms with E-state index in [-0.39, 0.29) is 52.1 Å². The second kappa shape index (κ2) is 12.2. The van der Waals surface area contributed by atoms with Crippen LogP contribution in [-0.4, -0.2) is 5.54 Å². The molecule has 0 amide bonds. The summed E-state index contributed by atoms with van der Waals surface area (Å²) in [6.07, 6.45) is 5.59. The molecule has 0 bridgehead atoms. The average Bonchev–Trinajstić information content (AvgIpc) is 2.66. The van der Waals surface area contributed by atoms with Gasteiger partial charge < -0.3 is 30.5 Å². The van der Waals surface area contributed by atoms with E-state index >= 15 is 0 Å². The van der Waals surface area contributed by atoms with Gasteiger partial charge in [0.2, 0.25) is 0 Å². The summed E-state index contributed by atoms with van der Waals surface area (Å²) in [6, 6.07) is 8.63. The van der Waals surface area contributed by atoms with Gasteiger partial charge in [-0.25, -0.2) is 0 Å². The third-order valence-corrected chi connectivity index (χ3v) is 2.99. The minimum absolute atomic E-state index is 0. The molecule has 128 valence electrons. The van der Waals surface area contributed by atoms with E-state index in [4.69, 9.17) is 5.73 Å². The van der Waals surface area contributed by atoms with Crippen molar-refractivity contribution in [2.24, 2.45) is 0 Å². The van der Waals surface area contributed by atoms with Gasteiger partial charge in [-0.1, -0.05) is 56.6 Å². The van der Waals surface area contributed by atoms with Crippen molar-refractivity contribution in [2.45, 2.75) is 53.5 Å². The standard InChI is InChI=1S/C15H17.C4H10N.2ClH.Ti/c1-4-13-7-5-6-8-14(13)15-10-11(2)9-12(15)3;1-4(2,3)5;;;/h4-9H,10H2,1-3H3;5H,1-3H3;2*1H;/q2*-1;;;+2/p-2. The first-order valence-electron chi connectivity index (χ1n) is 7.23. The summed E-state index contributed by atoms with van der Waals surface area (Å²) in [5.41, 5.74) is 13.8. The largest absolute Gasteiger partial charge is 2.00 e. The predicted molar refractivity (Wildman–Crippen MR) is 90.6 cm³/mol. The van der Waals surface area contributed by atoms with Crippen LogP contribution in [0.2, 0.25) is 0 Å². The SMILES string of the molecule is CC(C)(C)[NH-].C[CH-]c1ccccc1C1=C(C)C=C(C)C1.[Cl-].[Cl-].[Ti+2]. The topological polar surface area (TPSA) is 23.8 Å². The molecule has 0 radical (unpaired) electrons. The van der Waals surface area contributed by atoms with Crippen LogP contribution in [0.3, 0.4) is 0 Å². The summed E-state index contributed by atoms with van der Waals surface area (Å²) in [6.45, 7) is 12.1. The van der Waals surface area contributed by atoms with E-state index in [0.29, 0.717) is 0 Å². The van der Waals surface area contributed by atoms with Crippen molar-refractivity contribution in [3.05, 3.63) is 64.8 Å². The van der Waals surface area contributed by atoms with Crippen LogP contribution >= 0.6 is 0 Å². The molecule has 23 heavy (non-hydrogen) atoms. The maximum absolute atomic E-state index is 6.94. The van der Waals surface area contributed by atoms with Crippen molar-refractivity contribution in [1.29, 1.82) is 0 Å². The molecule has 1 aliphatic rings. The number of allylic oxidation sites excluding steroid dienone is 4. The van der Waals surface area contributed by atoms with E-state index in [2.05, 4.69) is 57.5 Å². The first-order valence-corrected chi connectivity index (χ1v) is 7.23. The maximum Gasteiger partial charge on any atom is 2.00 e. The molecule has 0 fully saturated rings. The number of hydrogen-bond donors (Lipinski definition) is 0. The smallest absolute Gasteiger partial charge is 1.00 e. The molecular formula is C19H27Cl2NTi-2. The maximum atomic E-state index is 6.94. The number of nitrogens with one attached hydrogen (secondary N) is 1. The fourth-order valence-corrected chi connectivity index (χ4v) is 2.26. The van der Waals surface area contributed by atoms with Crippen LogP contribution in [0.4, 0.5) is 0 Å². The zero-order valence-corrected chi connectivity index (χ0v) is 18.0. The Morgan fingerprint density at radius 2 is 1.52 bits per heavy atom. The molecular weight excluding hydrogens is 361 g/mol. The van der Waals surface area contributed by atoms with Gasteiger partial charge in [0.05, 0.1) is 0 Å².